The van der Waals surface area contributed by atoms with E-state index >= 15 is 0 Å². The Balaban J connectivity index is 2.01. The number of benzene rings is 2. The maximum absolute atomic E-state index is 12.3. The summed E-state index contributed by atoms with van der Waals surface area (Å²) >= 11 is 0. The van der Waals surface area contributed by atoms with Crippen molar-refractivity contribution in [1.29, 1.82) is 0 Å². The van der Waals surface area contributed by atoms with Crippen LogP contribution in [0.4, 0.5) is 0 Å². The molecular formula is C19H19NO6S. The van der Waals surface area contributed by atoms with Crippen LogP contribution < -0.4 is 10.1 Å². The van der Waals surface area contributed by atoms with E-state index in [-0.39, 0.29) is 23.5 Å². The molecule has 0 bridgehead atoms. The van der Waals surface area contributed by atoms with Gasteiger partial charge in [-0.15, -0.1) is 0 Å². The van der Waals surface area contributed by atoms with Crippen molar-refractivity contribution in [1.82, 2.24) is 5.32 Å². The lowest BCUT2D eigenvalue weighted by Gasteiger charge is -2.15. The van der Waals surface area contributed by atoms with Gasteiger partial charge in [0.05, 0.1) is 10.8 Å². The zero-order valence-corrected chi connectivity index (χ0v) is 15.4. The van der Waals surface area contributed by atoms with E-state index in [4.69, 9.17) is 4.74 Å². The number of carboxylic acids is 1. The second kappa shape index (κ2) is 9.63. The minimum atomic E-state index is -1.36. The fourth-order valence-electron chi connectivity index (χ4n) is 2.28. The number of nitrogens with one attached hydrogen (secondary N) is 1. The Morgan fingerprint density at radius 2 is 1.81 bits per heavy atom. The molecule has 0 radical (unpaired) electrons. The highest BCUT2D eigenvalue weighted by Gasteiger charge is 2.22. The summed E-state index contributed by atoms with van der Waals surface area (Å²) in [7, 11) is -1.36. The van der Waals surface area contributed by atoms with E-state index in [9.17, 15) is 23.7 Å². The second-order valence-electron chi connectivity index (χ2n) is 5.64. The molecule has 27 heavy (non-hydrogen) atoms. The molecule has 8 heteroatoms. The molecule has 2 rings (SSSR count). The first kappa shape index (κ1) is 20.3. The van der Waals surface area contributed by atoms with Crippen LogP contribution in [0.1, 0.15) is 23.7 Å². The van der Waals surface area contributed by atoms with Crippen LogP contribution in [-0.4, -0.2) is 39.0 Å². The van der Waals surface area contributed by atoms with Crippen molar-refractivity contribution in [3.63, 3.8) is 0 Å². The molecule has 0 saturated carbocycles. The summed E-state index contributed by atoms with van der Waals surface area (Å²) < 4.78 is 17.1. The van der Waals surface area contributed by atoms with Crippen LogP contribution in [0, 0.1) is 0 Å². The largest absolute Gasteiger partial charge is 0.480 e. The molecule has 2 aromatic carbocycles. The van der Waals surface area contributed by atoms with E-state index in [2.05, 4.69) is 5.32 Å². The molecule has 2 N–H and O–H groups in total. The molecule has 0 aliphatic heterocycles. The topological polar surface area (TPSA) is 110 Å². The predicted molar refractivity (Wildman–Crippen MR) is 99.0 cm³/mol. The van der Waals surface area contributed by atoms with Gasteiger partial charge in [0.25, 0.3) is 5.91 Å². The number of amides is 1. The monoisotopic (exact) mass is 389 g/mol. The quantitative estimate of drug-likeness (QED) is 0.528. The highest BCUT2D eigenvalue weighted by molar-refractivity contribution is 7.85. The Morgan fingerprint density at radius 3 is 2.44 bits per heavy atom. The minimum absolute atomic E-state index is 0.00617. The van der Waals surface area contributed by atoms with Gasteiger partial charge in [0.1, 0.15) is 11.8 Å². The number of rotatable bonds is 8. The average molecular weight is 389 g/mol. The average Bonchev–Trinajstić information content (AvgIpc) is 2.64. The van der Waals surface area contributed by atoms with Gasteiger partial charge in [-0.2, -0.15) is 0 Å². The molecule has 0 aromatic heterocycles. The summed E-state index contributed by atoms with van der Waals surface area (Å²) in [6.45, 7) is 1.24. The zero-order chi connectivity index (χ0) is 19.8. The first-order chi connectivity index (χ1) is 12.9. The Labute approximate surface area is 158 Å². The fourth-order valence-corrected chi connectivity index (χ4v) is 3.43. The number of ether oxygens (including phenoxy) is 1. The lowest BCUT2D eigenvalue weighted by atomic mass is 10.1. The van der Waals surface area contributed by atoms with Gasteiger partial charge in [-0.3, -0.25) is 13.8 Å². The lowest BCUT2D eigenvalue weighted by molar-refractivity contribution is -0.139. The molecular weight excluding hydrogens is 370 g/mol. The van der Waals surface area contributed by atoms with Crippen LogP contribution in [0.2, 0.25) is 0 Å². The third-order valence-electron chi connectivity index (χ3n) is 3.56. The third kappa shape index (κ3) is 6.34. The lowest BCUT2D eigenvalue weighted by Crippen LogP contribution is -2.41. The molecule has 0 spiro atoms. The maximum Gasteiger partial charge on any atom is 0.326 e. The summed E-state index contributed by atoms with van der Waals surface area (Å²) in [5, 5.41) is 11.7. The van der Waals surface area contributed by atoms with Crippen molar-refractivity contribution < 1.29 is 28.4 Å². The van der Waals surface area contributed by atoms with Crippen LogP contribution in [0.5, 0.6) is 5.75 Å². The molecule has 0 heterocycles. The normalized spacial score (nSPS) is 12.6. The van der Waals surface area contributed by atoms with Crippen LogP contribution in [0.3, 0.4) is 0 Å². The van der Waals surface area contributed by atoms with Gasteiger partial charge in [-0.25, -0.2) is 4.79 Å². The van der Waals surface area contributed by atoms with E-state index in [1.54, 1.807) is 30.3 Å². The molecule has 0 aliphatic carbocycles. The van der Waals surface area contributed by atoms with E-state index < -0.39 is 34.7 Å². The molecule has 142 valence electrons. The smallest absolute Gasteiger partial charge is 0.326 e. The summed E-state index contributed by atoms with van der Waals surface area (Å²) in [5.74, 6) is -2.09. The number of carbonyl (C=O) groups is 3. The van der Waals surface area contributed by atoms with Crippen LogP contribution in [0.15, 0.2) is 59.5 Å². The molecule has 2 aromatic rings. The van der Waals surface area contributed by atoms with Crippen molar-refractivity contribution in [3.8, 4) is 5.75 Å². The number of carbonyl (C=O) groups excluding carboxylic acids is 2. The molecule has 0 unspecified atom stereocenters. The van der Waals surface area contributed by atoms with Gasteiger partial charge in [0, 0.05) is 23.1 Å². The number of esters is 1. The Kier molecular flexibility index (Phi) is 7.25. The van der Waals surface area contributed by atoms with E-state index in [0.717, 1.165) is 0 Å². The summed E-state index contributed by atoms with van der Waals surface area (Å²) in [6.07, 6.45) is 0.00617. The molecule has 0 aliphatic rings. The molecule has 0 fully saturated rings. The Hall–Kier alpha value is -3.00. The van der Waals surface area contributed by atoms with Crippen LogP contribution in [-0.2, 0) is 20.4 Å². The highest BCUT2D eigenvalue weighted by atomic mass is 32.2. The first-order valence-corrected chi connectivity index (χ1v) is 9.44. The van der Waals surface area contributed by atoms with Crippen molar-refractivity contribution in [2.75, 3.05) is 5.75 Å². The molecule has 2 atom stereocenters. The van der Waals surface area contributed by atoms with Gasteiger partial charge < -0.3 is 15.2 Å². The third-order valence-corrected chi connectivity index (χ3v) is 4.96. The van der Waals surface area contributed by atoms with Crippen LogP contribution >= 0.6 is 0 Å². The second-order valence-corrected chi connectivity index (χ2v) is 7.21. The summed E-state index contributed by atoms with van der Waals surface area (Å²) in [4.78, 5) is 35.4. The molecule has 0 saturated heterocycles. The van der Waals surface area contributed by atoms with Crippen LogP contribution in [0.25, 0.3) is 0 Å². The highest BCUT2D eigenvalue weighted by Crippen LogP contribution is 2.14. The van der Waals surface area contributed by atoms with Crippen molar-refractivity contribution in [3.05, 3.63) is 60.2 Å². The fraction of sp³-hybridized carbons (Fsp3) is 0.211. The van der Waals surface area contributed by atoms with E-state index in [0.29, 0.717) is 4.90 Å². The molecule has 7 nitrogen and oxygen atoms in total. The SMILES string of the molecule is CC(=O)Oc1cccc(C(=O)N[C@H](CC[S@](=O)c2ccccc2)C(=O)O)c1. The maximum atomic E-state index is 12.3. The van der Waals surface area contributed by atoms with Crippen molar-refractivity contribution in [2.45, 2.75) is 24.3 Å². The Bertz CT molecular complexity index is 852. The van der Waals surface area contributed by atoms with Gasteiger partial charge in [0.15, 0.2) is 0 Å². The predicted octanol–water partition coefficient (Wildman–Crippen LogP) is 1.99. The zero-order valence-electron chi connectivity index (χ0n) is 14.6. The number of aliphatic carboxylic acids is 1. The van der Waals surface area contributed by atoms with Crippen molar-refractivity contribution in [2.24, 2.45) is 0 Å². The van der Waals surface area contributed by atoms with Gasteiger partial charge in [-0.1, -0.05) is 24.3 Å². The standard InChI is InChI=1S/C19H19NO6S/c1-13(21)26-15-7-5-6-14(12-15)18(22)20-17(19(23)24)10-11-27(25)16-8-3-2-4-9-16/h2-9,12,17H,10-11H2,1H3,(H,20,22)(H,23,24)/t17-,27+/m1/s1. The summed E-state index contributed by atoms with van der Waals surface area (Å²) in [6, 6.07) is 13.4. The van der Waals surface area contributed by atoms with Gasteiger partial charge in [0.2, 0.25) is 0 Å². The summed E-state index contributed by atoms with van der Waals surface area (Å²) in [5.41, 5.74) is 0.157. The number of hydrogen-bond acceptors (Lipinski definition) is 5. The number of hydrogen-bond donors (Lipinski definition) is 2. The van der Waals surface area contributed by atoms with E-state index in [1.165, 1.54) is 31.2 Å². The van der Waals surface area contributed by atoms with Gasteiger partial charge in [-0.05, 0) is 36.8 Å². The first-order valence-electron chi connectivity index (χ1n) is 8.12. The van der Waals surface area contributed by atoms with E-state index in [1.807, 2.05) is 0 Å². The van der Waals surface area contributed by atoms with Crippen molar-refractivity contribution >= 4 is 28.6 Å². The van der Waals surface area contributed by atoms with Gasteiger partial charge >= 0.3 is 11.9 Å². The molecule has 1 amide bonds. The Morgan fingerprint density at radius 1 is 1.11 bits per heavy atom. The minimum Gasteiger partial charge on any atom is -0.480 e. The number of carboxylic acid groups (broad SMARTS) is 1.